The van der Waals surface area contributed by atoms with Gasteiger partial charge in [-0.25, -0.2) is 0 Å². The molecule has 1 aromatic rings. The van der Waals surface area contributed by atoms with E-state index < -0.39 is 0 Å². The Morgan fingerprint density at radius 1 is 1.19 bits per heavy atom. The largest absolute Gasteiger partial charge is 0.504 e. The summed E-state index contributed by atoms with van der Waals surface area (Å²) in [5.74, 6) is 0.544. The first-order chi connectivity index (χ1) is 7.61. The number of phenolic OH excluding ortho intramolecular Hbond substituents is 1. The quantitative estimate of drug-likeness (QED) is 0.836. The molecule has 0 aliphatic carbocycles. The van der Waals surface area contributed by atoms with E-state index in [0.29, 0.717) is 5.75 Å². The van der Waals surface area contributed by atoms with Crippen LogP contribution in [0.3, 0.4) is 0 Å². The van der Waals surface area contributed by atoms with Crippen LogP contribution in [0.5, 0.6) is 11.5 Å². The molecular weight excluding hydrogens is 208 g/mol. The number of hydrogen-bond acceptors (Lipinski definition) is 4. The molecule has 0 radical (unpaired) electrons. The Hall–Kier alpha value is -1.26. The summed E-state index contributed by atoms with van der Waals surface area (Å²) in [4.78, 5) is 0. The first kappa shape index (κ1) is 11.2. The van der Waals surface area contributed by atoms with Gasteiger partial charge in [-0.15, -0.1) is 0 Å². The van der Waals surface area contributed by atoms with Gasteiger partial charge in [0, 0.05) is 5.56 Å². The minimum absolute atomic E-state index is 0.0739. The van der Waals surface area contributed by atoms with Crippen LogP contribution in [0.4, 0.5) is 0 Å². The summed E-state index contributed by atoms with van der Waals surface area (Å²) >= 11 is 0. The fraction of sp³-hybridized carbons (Fsp3) is 0.500. The van der Waals surface area contributed by atoms with Crippen molar-refractivity contribution in [1.82, 2.24) is 0 Å². The molecule has 2 rings (SSSR count). The second-order valence-corrected chi connectivity index (χ2v) is 3.95. The van der Waals surface area contributed by atoms with Gasteiger partial charge in [0.15, 0.2) is 17.8 Å². The van der Waals surface area contributed by atoms with E-state index in [2.05, 4.69) is 0 Å². The third-order valence-corrected chi connectivity index (χ3v) is 2.81. The van der Waals surface area contributed by atoms with E-state index in [4.69, 9.17) is 14.2 Å². The lowest BCUT2D eigenvalue weighted by Crippen LogP contribution is -2.13. The molecule has 0 spiro atoms. The van der Waals surface area contributed by atoms with Crippen molar-refractivity contribution in [2.45, 2.75) is 32.3 Å². The van der Waals surface area contributed by atoms with Crippen LogP contribution in [0.25, 0.3) is 0 Å². The normalized spacial score (nSPS) is 25.9. The van der Waals surface area contributed by atoms with Crippen LogP contribution < -0.4 is 4.74 Å². The lowest BCUT2D eigenvalue weighted by atomic mass is 10.2. The van der Waals surface area contributed by atoms with Crippen molar-refractivity contribution >= 4 is 0 Å². The summed E-state index contributed by atoms with van der Waals surface area (Å²) < 4.78 is 16.3. The molecule has 0 amide bonds. The first-order valence-corrected chi connectivity index (χ1v) is 5.29. The maximum atomic E-state index is 9.48. The number of aromatic hydroxyl groups is 1. The van der Waals surface area contributed by atoms with Crippen molar-refractivity contribution < 1.29 is 19.3 Å². The van der Waals surface area contributed by atoms with Crippen LogP contribution >= 0.6 is 0 Å². The van der Waals surface area contributed by atoms with Gasteiger partial charge >= 0.3 is 0 Å². The third kappa shape index (κ3) is 1.99. The van der Waals surface area contributed by atoms with Crippen molar-refractivity contribution in [3.8, 4) is 11.5 Å². The lowest BCUT2D eigenvalue weighted by molar-refractivity contribution is -0.0653. The molecule has 1 aliphatic rings. The molecule has 0 unspecified atom stereocenters. The molecular formula is C12H16O4. The van der Waals surface area contributed by atoms with Gasteiger partial charge in [-0.1, -0.05) is 6.07 Å². The summed E-state index contributed by atoms with van der Waals surface area (Å²) in [6.07, 6.45) is -0.228. The average Bonchev–Trinajstić information content (AvgIpc) is 2.60. The van der Waals surface area contributed by atoms with E-state index in [9.17, 15) is 5.11 Å². The highest BCUT2D eigenvalue weighted by Crippen LogP contribution is 2.35. The van der Waals surface area contributed by atoms with E-state index >= 15 is 0 Å². The monoisotopic (exact) mass is 224 g/mol. The Balaban J connectivity index is 2.22. The summed E-state index contributed by atoms with van der Waals surface area (Å²) in [5, 5.41) is 9.48. The SMILES string of the molecule is COc1cc(C2O[C@H](C)[C@@H](C)O2)ccc1O. The highest BCUT2D eigenvalue weighted by atomic mass is 16.7. The Morgan fingerprint density at radius 3 is 2.38 bits per heavy atom. The van der Waals surface area contributed by atoms with Gasteiger partial charge in [-0.2, -0.15) is 0 Å². The number of methoxy groups -OCH3 is 1. The Bertz CT molecular complexity index is 367. The van der Waals surface area contributed by atoms with Crippen molar-refractivity contribution in [2.75, 3.05) is 7.11 Å². The van der Waals surface area contributed by atoms with Gasteiger partial charge in [0.25, 0.3) is 0 Å². The van der Waals surface area contributed by atoms with Crippen LogP contribution in [0.2, 0.25) is 0 Å². The molecule has 16 heavy (non-hydrogen) atoms. The summed E-state index contributed by atoms with van der Waals surface area (Å²) in [6, 6.07) is 5.08. The van der Waals surface area contributed by atoms with Gasteiger partial charge in [0.2, 0.25) is 0 Å². The maximum absolute atomic E-state index is 9.48. The minimum atomic E-state index is -0.375. The summed E-state index contributed by atoms with van der Waals surface area (Å²) in [7, 11) is 1.51. The molecule has 1 heterocycles. The molecule has 0 aromatic heterocycles. The smallest absolute Gasteiger partial charge is 0.184 e. The molecule has 0 bridgehead atoms. The molecule has 1 saturated heterocycles. The van der Waals surface area contributed by atoms with Crippen LogP contribution in [0, 0.1) is 0 Å². The summed E-state index contributed by atoms with van der Waals surface area (Å²) in [5.41, 5.74) is 0.853. The van der Waals surface area contributed by atoms with E-state index in [1.54, 1.807) is 18.2 Å². The molecule has 88 valence electrons. The van der Waals surface area contributed by atoms with Gasteiger partial charge < -0.3 is 19.3 Å². The molecule has 4 nitrogen and oxygen atoms in total. The number of rotatable bonds is 2. The van der Waals surface area contributed by atoms with Gasteiger partial charge in [0.1, 0.15) is 0 Å². The maximum Gasteiger partial charge on any atom is 0.184 e. The minimum Gasteiger partial charge on any atom is -0.504 e. The van der Waals surface area contributed by atoms with Crippen molar-refractivity contribution in [1.29, 1.82) is 0 Å². The van der Waals surface area contributed by atoms with Crippen LogP contribution in [0.15, 0.2) is 18.2 Å². The van der Waals surface area contributed by atoms with E-state index in [1.807, 2.05) is 13.8 Å². The average molecular weight is 224 g/mol. The van der Waals surface area contributed by atoms with E-state index in [-0.39, 0.29) is 24.2 Å². The number of ether oxygens (including phenoxy) is 3. The Kier molecular flexibility index (Phi) is 3.03. The molecule has 4 heteroatoms. The highest BCUT2D eigenvalue weighted by Gasteiger charge is 2.31. The topological polar surface area (TPSA) is 47.9 Å². The highest BCUT2D eigenvalue weighted by molar-refractivity contribution is 5.42. The predicted octanol–water partition coefficient (Wildman–Crippen LogP) is 2.22. The van der Waals surface area contributed by atoms with E-state index in [1.165, 1.54) is 7.11 Å². The molecule has 1 aliphatic heterocycles. The summed E-state index contributed by atoms with van der Waals surface area (Å²) in [6.45, 7) is 3.95. The van der Waals surface area contributed by atoms with Crippen LogP contribution in [-0.4, -0.2) is 24.4 Å². The fourth-order valence-corrected chi connectivity index (χ4v) is 1.64. The Labute approximate surface area is 94.8 Å². The van der Waals surface area contributed by atoms with Crippen LogP contribution in [0.1, 0.15) is 25.7 Å². The zero-order valence-electron chi connectivity index (χ0n) is 9.64. The number of benzene rings is 1. The second kappa shape index (κ2) is 4.31. The van der Waals surface area contributed by atoms with Gasteiger partial charge in [-0.05, 0) is 26.0 Å². The standard InChI is InChI=1S/C12H16O4/c1-7-8(2)16-12(15-7)9-4-5-10(13)11(6-9)14-3/h4-8,12-13H,1-3H3/t7-,8-/m1/s1. The van der Waals surface area contributed by atoms with Crippen molar-refractivity contribution in [3.63, 3.8) is 0 Å². The molecule has 1 aromatic carbocycles. The van der Waals surface area contributed by atoms with Crippen molar-refractivity contribution in [2.24, 2.45) is 0 Å². The fourth-order valence-electron chi connectivity index (χ4n) is 1.64. The third-order valence-electron chi connectivity index (χ3n) is 2.81. The molecule has 2 atom stereocenters. The second-order valence-electron chi connectivity index (χ2n) is 3.95. The van der Waals surface area contributed by atoms with Crippen LogP contribution in [-0.2, 0) is 9.47 Å². The zero-order chi connectivity index (χ0) is 11.7. The predicted molar refractivity (Wildman–Crippen MR) is 58.5 cm³/mol. The van der Waals surface area contributed by atoms with Gasteiger partial charge in [-0.3, -0.25) is 0 Å². The number of hydrogen-bond donors (Lipinski definition) is 1. The van der Waals surface area contributed by atoms with Gasteiger partial charge in [0.05, 0.1) is 19.3 Å². The number of phenols is 1. The first-order valence-electron chi connectivity index (χ1n) is 5.29. The zero-order valence-corrected chi connectivity index (χ0v) is 9.64. The van der Waals surface area contributed by atoms with Crippen molar-refractivity contribution in [3.05, 3.63) is 23.8 Å². The Morgan fingerprint density at radius 2 is 1.81 bits per heavy atom. The lowest BCUT2D eigenvalue weighted by Gasteiger charge is -2.12. The molecule has 1 N–H and O–H groups in total. The molecule has 1 fully saturated rings. The molecule has 0 saturated carbocycles. The van der Waals surface area contributed by atoms with E-state index in [0.717, 1.165) is 5.56 Å².